The van der Waals surface area contributed by atoms with Gasteiger partial charge < -0.3 is 20.3 Å². The molecule has 1 amide bonds. The van der Waals surface area contributed by atoms with E-state index in [0.29, 0.717) is 19.4 Å². The number of ether oxygens (including phenoxy) is 1. The van der Waals surface area contributed by atoms with Crippen LogP contribution < -0.4 is 5.32 Å². The zero-order valence-electron chi connectivity index (χ0n) is 21.5. The standard InChI is InChI=1S/C25H51NO7S/c1-3-5-8-13-22(27)14-9-7-10-15-23(28)16-12-17-24(33-19-11-6-4-2)21-25(29)26-18-20-34(30,31)32/h22-24,27-28H,3-21H2,1-2H3,(H,26,29)(H,30,31,32). The summed E-state index contributed by atoms with van der Waals surface area (Å²) in [5.41, 5.74) is 0. The topological polar surface area (TPSA) is 133 Å². The zero-order chi connectivity index (χ0) is 25.7. The van der Waals surface area contributed by atoms with Gasteiger partial charge in [0, 0.05) is 13.2 Å². The normalized spacial score (nSPS) is 14.6. The maximum Gasteiger partial charge on any atom is 0.266 e. The summed E-state index contributed by atoms with van der Waals surface area (Å²) < 4.78 is 36.2. The lowest BCUT2D eigenvalue weighted by atomic mass is 10.0. The molecule has 4 N–H and O–H groups in total. The number of nitrogens with one attached hydrogen (secondary N) is 1. The van der Waals surface area contributed by atoms with Crippen molar-refractivity contribution >= 4 is 16.0 Å². The molecule has 0 heterocycles. The van der Waals surface area contributed by atoms with Crippen LogP contribution in [0.5, 0.6) is 0 Å². The van der Waals surface area contributed by atoms with Gasteiger partial charge in [0.05, 0.1) is 30.5 Å². The minimum atomic E-state index is -4.10. The molecule has 3 atom stereocenters. The summed E-state index contributed by atoms with van der Waals surface area (Å²) in [6, 6.07) is 0. The van der Waals surface area contributed by atoms with Crippen molar-refractivity contribution < 1.29 is 32.7 Å². The lowest BCUT2D eigenvalue weighted by Crippen LogP contribution is -2.32. The summed E-state index contributed by atoms with van der Waals surface area (Å²) in [4.78, 5) is 12.1. The molecular weight excluding hydrogens is 458 g/mol. The smallest absolute Gasteiger partial charge is 0.266 e. The Morgan fingerprint density at radius 3 is 1.88 bits per heavy atom. The molecule has 0 aromatic carbocycles. The van der Waals surface area contributed by atoms with Gasteiger partial charge >= 0.3 is 0 Å². The van der Waals surface area contributed by atoms with Crippen LogP contribution in [0.1, 0.15) is 117 Å². The van der Waals surface area contributed by atoms with Gasteiger partial charge in [-0.25, -0.2) is 0 Å². The average Bonchev–Trinajstić information content (AvgIpc) is 2.75. The van der Waals surface area contributed by atoms with Gasteiger partial charge in [-0.05, 0) is 44.9 Å². The number of aliphatic hydroxyl groups excluding tert-OH is 2. The molecule has 0 aliphatic heterocycles. The number of carbonyl (C=O) groups is 1. The fourth-order valence-corrected chi connectivity index (χ4v) is 4.24. The molecule has 0 rings (SSSR count). The van der Waals surface area contributed by atoms with Crippen LogP contribution >= 0.6 is 0 Å². The number of hydrogen-bond donors (Lipinski definition) is 4. The molecule has 3 unspecified atom stereocenters. The molecule has 0 aromatic rings. The Hall–Kier alpha value is -0.740. The molecule has 0 aliphatic rings. The van der Waals surface area contributed by atoms with Gasteiger partial charge in [-0.1, -0.05) is 65.2 Å². The van der Waals surface area contributed by atoms with Crippen molar-refractivity contribution in [1.29, 1.82) is 0 Å². The van der Waals surface area contributed by atoms with Gasteiger partial charge in [-0.2, -0.15) is 8.42 Å². The second-order valence-corrected chi connectivity index (χ2v) is 11.0. The van der Waals surface area contributed by atoms with Gasteiger partial charge in [0.1, 0.15) is 0 Å². The van der Waals surface area contributed by atoms with Crippen molar-refractivity contribution in [2.24, 2.45) is 0 Å². The molecule has 0 fully saturated rings. The zero-order valence-corrected chi connectivity index (χ0v) is 22.4. The summed E-state index contributed by atoms with van der Waals surface area (Å²) in [5, 5.41) is 22.8. The minimum Gasteiger partial charge on any atom is -0.393 e. The summed E-state index contributed by atoms with van der Waals surface area (Å²) in [6.45, 7) is 4.71. The van der Waals surface area contributed by atoms with Gasteiger partial charge in [-0.15, -0.1) is 0 Å². The Morgan fingerprint density at radius 2 is 1.32 bits per heavy atom. The molecule has 8 nitrogen and oxygen atoms in total. The second kappa shape index (κ2) is 21.5. The van der Waals surface area contributed by atoms with Crippen molar-refractivity contribution in [3.63, 3.8) is 0 Å². The van der Waals surface area contributed by atoms with Gasteiger partial charge in [0.25, 0.3) is 10.1 Å². The van der Waals surface area contributed by atoms with Gasteiger partial charge in [0.15, 0.2) is 0 Å². The van der Waals surface area contributed by atoms with E-state index < -0.39 is 15.9 Å². The number of amides is 1. The number of aliphatic hydroxyl groups is 2. The third kappa shape index (κ3) is 23.0. The van der Waals surface area contributed by atoms with Crippen LogP contribution in [0.15, 0.2) is 0 Å². The second-order valence-electron chi connectivity index (χ2n) is 9.41. The van der Waals surface area contributed by atoms with Crippen LogP contribution in [0.2, 0.25) is 0 Å². The molecule has 0 spiro atoms. The first kappa shape index (κ1) is 33.3. The quantitative estimate of drug-likeness (QED) is 0.112. The van der Waals surface area contributed by atoms with Crippen LogP contribution in [-0.2, 0) is 19.6 Å². The van der Waals surface area contributed by atoms with E-state index in [1.165, 1.54) is 12.8 Å². The monoisotopic (exact) mass is 509 g/mol. The first-order valence-corrected chi connectivity index (χ1v) is 15.0. The van der Waals surface area contributed by atoms with E-state index in [9.17, 15) is 23.4 Å². The first-order valence-electron chi connectivity index (χ1n) is 13.4. The van der Waals surface area contributed by atoms with Crippen molar-refractivity contribution in [2.45, 2.75) is 135 Å². The average molecular weight is 510 g/mol. The molecule has 9 heteroatoms. The van der Waals surface area contributed by atoms with Crippen molar-refractivity contribution in [3.8, 4) is 0 Å². The summed E-state index contributed by atoms with van der Waals surface area (Å²) in [5.74, 6) is -0.813. The SMILES string of the molecule is CCCCCOC(CCCC(O)CCCCCC(O)CCCCC)CC(=O)NCCS(=O)(=O)O. The maximum absolute atomic E-state index is 12.1. The van der Waals surface area contributed by atoms with Crippen molar-refractivity contribution in [2.75, 3.05) is 18.9 Å². The number of carbonyl (C=O) groups excluding carboxylic acids is 1. The number of rotatable bonds is 24. The number of unbranched alkanes of at least 4 members (excludes halogenated alkanes) is 6. The fraction of sp³-hybridized carbons (Fsp3) is 0.960. The predicted molar refractivity (Wildman–Crippen MR) is 136 cm³/mol. The predicted octanol–water partition coefficient (Wildman–Crippen LogP) is 4.38. The van der Waals surface area contributed by atoms with E-state index in [0.717, 1.165) is 70.6 Å². The Morgan fingerprint density at radius 1 is 0.794 bits per heavy atom. The summed E-state index contributed by atoms with van der Waals surface area (Å²) in [7, 11) is -4.10. The highest BCUT2D eigenvalue weighted by Gasteiger charge is 2.16. The van der Waals surface area contributed by atoms with E-state index in [-0.39, 0.29) is 37.2 Å². The molecule has 0 aromatic heterocycles. The van der Waals surface area contributed by atoms with Crippen LogP contribution in [0, 0.1) is 0 Å². The van der Waals surface area contributed by atoms with Crippen LogP contribution in [0.3, 0.4) is 0 Å². The molecule has 0 bridgehead atoms. The highest BCUT2D eigenvalue weighted by molar-refractivity contribution is 7.85. The number of hydrogen-bond acceptors (Lipinski definition) is 6. The maximum atomic E-state index is 12.1. The van der Waals surface area contributed by atoms with Gasteiger partial charge in [0.2, 0.25) is 5.91 Å². The van der Waals surface area contributed by atoms with Crippen molar-refractivity contribution in [1.82, 2.24) is 5.32 Å². The first-order chi connectivity index (χ1) is 16.2. The van der Waals surface area contributed by atoms with E-state index >= 15 is 0 Å². The van der Waals surface area contributed by atoms with Crippen LogP contribution in [0.4, 0.5) is 0 Å². The van der Waals surface area contributed by atoms with Gasteiger partial charge in [-0.3, -0.25) is 9.35 Å². The van der Waals surface area contributed by atoms with Crippen LogP contribution in [-0.4, -0.2) is 66.3 Å². The Kier molecular flexibility index (Phi) is 21.1. The fourth-order valence-electron chi connectivity index (χ4n) is 3.88. The third-order valence-corrected chi connectivity index (χ3v) is 6.70. The lowest BCUT2D eigenvalue weighted by molar-refractivity contribution is -0.124. The summed E-state index contributed by atoms with van der Waals surface area (Å²) >= 11 is 0. The Balaban J connectivity index is 4.11. The van der Waals surface area contributed by atoms with E-state index in [2.05, 4.69) is 19.2 Å². The highest BCUT2D eigenvalue weighted by atomic mass is 32.2. The minimum absolute atomic E-state index is 0.130. The molecule has 0 radical (unpaired) electrons. The molecule has 0 saturated carbocycles. The van der Waals surface area contributed by atoms with E-state index in [1.807, 2.05) is 0 Å². The van der Waals surface area contributed by atoms with Crippen LogP contribution in [0.25, 0.3) is 0 Å². The molecule has 204 valence electrons. The Labute approximate surface area is 208 Å². The molecule has 0 aliphatic carbocycles. The third-order valence-electron chi connectivity index (χ3n) is 5.98. The van der Waals surface area contributed by atoms with E-state index in [4.69, 9.17) is 9.29 Å². The Bertz CT molecular complexity index is 586. The lowest BCUT2D eigenvalue weighted by Gasteiger charge is -2.19. The molecule has 34 heavy (non-hydrogen) atoms. The highest BCUT2D eigenvalue weighted by Crippen LogP contribution is 2.16. The van der Waals surface area contributed by atoms with E-state index in [1.54, 1.807) is 0 Å². The summed E-state index contributed by atoms with van der Waals surface area (Å²) in [6.07, 6.45) is 13.2. The molecular formula is C25H51NO7S. The largest absolute Gasteiger partial charge is 0.393 e. The molecule has 0 saturated heterocycles. The van der Waals surface area contributed by atoms with Crippen molar-refractivity contribution in [3.05, 3.63) is 0 Å².